The van der Waals surface area contributed by atoms with Crippen molar-refractivity contribution in [3.8, 4) is 11.5 Å². The minimum absolute atomic E-state index is 0.209. The molecule has 0 saturated heterocycles. The number of aromatic nitrogens is 2. The normalized spacial score (nSPS) is 11.2. The van der Waals surface area contributed by atoms with Crippen LogP contribution in [0.3, 0.4) is 0 Å². The smallest absolute Gasteiger partial charge is 0.319 e. The number of amides is 1. The summed E-state index contributed by atoms with van der Waals surface area (Å²) >= 11 is 0. The fourth-order valence-corrected chi connectivity index (χ4v) is 2.48. The molecular formula is C20H25F2N3O3. The molecule has 28 heavy (non-hydrogen) atoms. The summed E-state index contributed by atoms with van der Waals surface area (Å²) in [6.07, 6.45) is 7.77. The van der Waals surface area contributed by atoms with E-state index in [1.807, 2.05) is 6.07 Å². The van der Waals surface area contributed by atoms with Gasteiger partial charge in [-0.1, -0.05) is 19.4 Å². The van der Waals surface area contributed by atoms with E-state index < -0.39 is 6.55 Å². The number of benzene rings is 1. The lowest BCUT2D eigenvalue weighted by Gasteiger charge is -2.11. The van der Waals surface area contributed by atoms with Crippen molar-refractivity contribution in [2.75, 3.05) is 20.3 Å². The van der Waals surface area contributed by atoms with Gasteiger partial charge in [0.15, 0.2) is 11.5 Å². The molecule has 0 bridgehead atoms. The Hall–Kier alpha value is -2.90. The standard InChI is InChI=1S/C20H25F2N3O3/c1-3-4-13-28-16-7-5-15(14-17(16)27-2)6-8-19(26)24-10-9-18-23-11-12-25(18)20(21)22/h5-8,11-12,14,20H,3-4,9-10,13H2,1-2H3,(H,24,26)/b8-6+. The summed E-state index contributed by atoms with van der Waals surface area (Å²) in [5, 5.41) is 2.65. The summed E-state index contributed by atoms with van der Waals surface area (Å²) in [4.78, 5) is 15.8. The lowest BCUT2D eigenvalue weighted by atomic mass is 10.2. The topological polar surface area (TPSA) is 65.4 Å². The zero-order valence-electron chi connectivity index (χ0n) is 16.0. The molecular weight excluding hydrogens is 368 g/mol. The Kier molecular flexibility index (Phi) is 8.45. The minimum Gasteiger partial charge on any atom is -0.493 e. The lowest BCUT2D eigenvalue weighted by molar-refractivity contribution is -0.116. The van der Waals surface area contributed by atoms with Crippen LogP contribution < -0.4 is 14.8 Å². The maximum Gasteiger partial charge on any atom is 0.319 e. The third kappa shape index (κ3) is 6.37. The largest absolute Gasteiger partial charge is 0.493 e. The highest BCUT2D eigenvalue weighted by Crippen LogP contribution is 2.28. The van der Waals surface area contributed by atoms with E-state index in [4.69, 9.17) is 9.47 Å². The average Bonchev–Trinajstić information content (AvgIpc) is 3.16. The van der Waals surface area contributed by atoms with E-state index in [1.165, 1.54) is 18.5 Å². The van der Waals surface area contributed by atoms with E-state index in [0.717, 1.165) is 23.0 Å². The van der Waals surface area contributed by atoms with Crippen molar-refractivity contribution in [3.63, 3.8) is 0 Å². The fraction of sp³-hybridized carbons (Fsp3) is 0.400. The third-order valence-corrected chi connectivity index (χ3v) is 3.98. The number of rotatable bonds is 11. The number of imidazole rings is 1. The monoisotopic (exact) mass is 393 g/mol. The summed E-state index contributed by atoms with van der Waals surface area (Å²) in [7, 11) is 1.56. The van der Waals surface area contributed by atoms with Crippen LogP contribution in [-0.4, -0.2) is 35.7 Å². The van der Waals surface area contributed by atoms with Crippen molar-refractivity contribution in [3.05, 3.63) is 48.1 Å². The lowest BCUT2D eigenvalue weighted by Crippen LogP contribution is -2.24. The number of alkyl halides is 2. The molecule has 1 N–H and O–H groups in total. The molecule has 0 radical (unpaired) electrons. The van der Waals surface area contributed by atoms with Gasteiger partial charge in [-0.3, -0.25) is 9.36 Å². The Morgan fingerprint density at radius 2 is 2.18 bits per heavy atom. The molecule has 0 aliphatic rings. The SMILES string of the molecule is CCCCOc1ccc(/C=C/C(=O)NCCc2nccn2C(F)F)cc1OC. The molecule has 0 spiro atoms. The first-order valence-corrected chi connectivity index (χ1v) is 9.11. The summed E-state index contributed by atoms with van der Waals surface area (Å²) in [6, 6.07) is 5.41. The van der Waals surface area contributed by atoms with Gasteiger partial charge >= 0.3 is 6.55 Å². The zero-order chi connectivity index (χ0) is 20.4. The molecule has 152 valence electrons. The number of nitrogens with zero attached hydrogens (tertiary/aromatic N) is 2. The molecule has 2 aromatic rings. The van der Waals surface area contributed by atoms with E-state index in [0.29, 0.717) is 18.1 Å². The molecule has 0 atom stereocenters. The number of methoxy groups -OCH3 is 1. The fourth-order valence-electron chi connectivity index (χ4n) is 2.48. The second kappa shape index (κ2) is 11.1. The van der Waals surface area contributed by atoms with Crippen LogP contribution >= 0.6 is 0 Å². The average molecular weight is 393 g/mol. The van der Waals surface area contributed by atoms with Crippen LogP contribution in [0.15, 0.2) is 36.7 Å². The van der Waals surface area contributed by atoms with Crippen molar-refractivity contribution < 1.29 is 23.0 Å². The van der Waals surface area contributed by atoms with Crippen LogP contribution in [0, 0.1) is 0 Å². The van der Waals surface area contributed by atoms with Crippen LogP contribution in [-0.2, 0) is 11.2 Å². The predicted molar refractivity (Wildman–Crippen MR) is 103 cm³/mol. The van der Waals surface area contributed by atoms with Crippen molar-refractivity contribution in [1.82, 2.24) is 14.9 Å². The Morgan fingerprint density at radius 3 is 2.89 bits per heavy atom. The molecule has 0 saturated carbocycles. The van der Waals surface area contributed by atoms with Crippen LogP contribution in [0.2, 0.25) is 0 Å². The van der Waals surface area contributed by atoms with Crippen molar-refractivity contribution in [2.45, 2.75) is 32.7 Å². The van der Waals surface area contributed by atoms with Gasteiger partial charge in [-0.15, -0.1) is 0 Å². The molecule has 1 aromatic carbocycles. The maximum atomic E-state index is 12.7. The number of unbranched alkanes of at least 4 members (excludes halogenated alkanes) is 1. The predicted octanol–water partition coefficient (Wildman–Crippen LogP) is 3.84. The molecule has 2 rings (SSSR count). The van der Waals surface area contributed by atoms with Gasteiger partial charge in [0, 0.05) is 31.4 Å². The van der Waals surface area contributed by atoms with Gasteiger partial charge in [0.25, 0.3) is 0 Å². The second-order valence-corrected chi connectivity index (χ2v) is 6.02. The second-order valence-electron chi connectivity index (χ2n) is 6.02. The first-order chi connectivity index (χ1) is 13.5. The molecule has 8 heteroatoms. The Balaban J connectivity index is 1.86. The van der Waals surface area contributed by atoms with E-state index in [9.17, 15) is 13.6 Å². The van der Waals surface area contributed by atoms with Gasteiger partial charge in [-0.05, 0) is 30.2 Å². The highest BCUT2D eigenvalue weighted by Gasteiger charge is 2.11. The van der Waals surface area contributed by atoms with Crippen molar-refractivity contribution in [2.24, 2.45) is 0 Å². The minimum atomic E-state index is -2.64. The molecule has 6 nitrogen and oxygen atoms in total. The Bertz CT molecular complexity index is 791. The molecule has 0 aliphatic carbocycles. The molecule has 1 aromatic heterocycles. The van der Waals surface area contributed by atoms with Crippen LogP contribution in [0.25, 0.3) is 6.08 Å². The molecule has 0 unspecified atom stereocenters. The van der Waals surface area contributed by atoms with Gasteiger partial charge in [0.05, 0.1) is 13.7 Å². The Morgan fingerprint density at radius 1 is 1.36 bits per heavy atom. The highest BCUT2D eigenvalue weighted by atomic mass is 19.3. The van der Waals surface area contributed by atoms with Crippen LogP contribution in [0.1, 0.15) is 37.7 Å². The van der Waals surface area contributed by atoms with Gasteiger partial charge in [0.1, 0.15) is 5.82 Å². The van der Waals surface area contributed by atoms with Gasteiger partial charge in [0.2, 0.25) is 5.91 Å². The van der Waals surface area contributed by atoms with E-state index >= 15 is 0 Å². The van der Waals surface area contributed by atoms with Crippen LogP contribution in [0.4, 0.5) is 8.78 Å². The van der Waals surface area contributed by atoms with Gasteiger partial charge < -0.3 is 14.8 Å². The van der Waals surface area contributed by atoms with Gasteiger partial charge in [-0.2, -0.15) is 8.78 Å². The zero-order valence-corrected chi connectivity index (χ0v) is 16.0. The summed E-state index contributed by atoms with van der Waals surface area (Å²) in [6.45, 7) is 0.276. The first kappa shape index (κ1) is 21.4. The first-order valence-electron chi connectivity index (χ1n) is 9.11. The van der Waals surface area contributed by atoms with E-state index in [1.54, 1.807) is 25.3 Å². The van der Waals surface area contributed by atoms with E-state index in [-0.39, 0.29) is 24.7 Å². The van der Waals surface area contributed by atoms with E-state index in [2.05, 4.69) is 17.2 Å². The summed E-state index contributed by atoms with van der Waals surface area (Å²) in [5.41, 5.74) is 0.781. The highest BCUT2D eigenvalue weighted by molar-refractivity contribution is 5.91. The maximum absolute atomic E-state index is 12.7. The summed E-state index contributed by atoms with van der Waals surface area (Å²) < 4.78 is 37.3. The number of carbonyl (C=O) groups excluding carboxylic acids is 1. The molecule has 0 fully saturated rings. The molecule has 0 aliphatic heterocycles. The number of carbonyl (C=O) groups is 1. The third-order valence-electron chi connectivity index (χ3n) is 3.98. The summed E-state index contributed by atoms with van der Waals surface area (Å²) in [5.74, 6) is 1.16. The molecule has 1 amide bonds. The number of nitrogens with one attached hydrogen (secondary N) is 1. The molecule has 1 heterocycles. The number of halogens is 2. The number of hydrogen-bond donors (Lipinski definition) is 1. The van der Waals surface area contributed by atoms with Crippen molar-refractivity contribution >= 4 is 12.0 Å². The number of ether oxygens (including phenoxy) is 2. The Labute approximate surface area is 163 Å². The number of hydrogen-bond acceptors (Lipinski definition) is 4. The quantitative estimate of drug-likeness (QED) is 0.465. The van der Waals surface area contributed by atoms with Crippen LogP contribution in [0.5, 0.6) is 11.5 Å². The van der Waals surface area contributed by atoms with Gasteiger partial charge in [-0.25, -0.2) is 4.98 Å². The van der Waals surface area contributed by atoms with Crippen molar-refractivity contribution in [1.29, 1.82) is 0 Å².